The normalized spacial score (nSPS) is 13.0. The number of hydrogen-bond donors (Lipinski definition) is 0. The predicted octanol–water partition coefficient (Wildman–Crippen LogP) is 7.53. The van der Waals surface area contributed by atoms with Crippen LogP contribution in [0.5, 0.6) is 0 Å². The van der Waals surface area contributed by atoms with E-state index in [0.717, 1.165) is 31.6 Å². The van der Waals surface area contributed by atoms with Gasteiger partial charge in [0.2, 0.25) is 0 Å². The van der Waals surface area contributed by atoms with Gasteiger partial charge in [-0.15, -0.1) is 0 Å². The molecule has 0 N–H and O–H groups in total. The molecule has 0 atom stereocenters. The first kappa shape index (κ1) is 20.1. The Labute approximate surface area is 132 Å². The zero-order valence-electron chi connectivity index (χ0n) is 14.5. The van der Waals surface area contributed by atoms with Crippen LogP contribution in [0.15, 0.2) is 36.2 Å². The van der Waals surface area contributed by atoms with Crippen LogP contribution in [0.1, 0.15) is 85.0 Å². The van der Waals surface area contributed by atoms with Crippen LogP contribution in [0.4, 0.5) is 4.39 Å². The van der Waals surface area contributed by atoms with Gasteiger partial charge in [0.25, 0.3) is 0 Å². The van der Waals surface area contributed by atoms with Crippen molar-refractivity contribution in [2.75, 3.05) is 0 Å². The second-order valence-electron chi connectivity index (χ2n) is 6.04. The average molecular weight is 294 g/mol. The Morgan fingerprint density at radius 2 is 1.62 bits per heavy atom. The molecular weight excluding hydrogens is 259 g/mol. The van der Waals surface area contributed by atoms with Crippen LogP contribution in [-0.2, 0) is 0 Å². The van der Waals surface area contributed by atoms with Crippen LogP contribution < -0.4 is 0 Å². The van der Waals surface area contributed by atoms with Crippen LogP contribution >= 0.6 is 0 Å². The number of rotatable bonds is 13. The van der Waals surface area contributed by atoms with Gasteiger partial charge in [0.15, 0.2) is 0 Å². The Balaban J connectivity index is 3.96. The lowest BCUT2D eigenvalue weighted by molar-refractivity contribution is 0.400. The Morgan fingerprint density at radius 3 is 2.14 bits per heavy atom. The molecule has 1 heteroatoms. The molecule has 0 aromatic heterocycles. The molecule has 0 rings (SSSR count). The molecule has 0 aliphatic carbocycles. The molecule has 122 valence electrons. The lowest BCUT2D eigenvalue weighted by atomic mass is 9.91. The second-order valence-corrected chi connectivity index (χ2v) is 6.04. The lowest BCUT2D eigenvalue weighted by Crippen LogP contribution is -1.99. The third kappa shape index (κ3) is 12.6. The third-order valence-electron chi connectivity index (χ3n) is 3.97. The molecule has 0 aliphatic heterocycles. The van der Waals surface area contributed by atoms with Crippen LogP contribution in [0.25, 0.3) is 0 Å². The monoisotopic (exact) mass is 294 g/mol. The van der Waals surface area contributed by atoms with Crippen molar-refractivity contribution in [3.8, 4) is 0 Å². The van der Waals surface area contributed by atoms with E-state index in [4.69, 9.17) is 0 Å². The third-order valence-corrected chi connectivity index (χ3v) is 3.97. The van der Waals surface area contributed by atoms with Crippen molar-refractivity contribution < 1.29 is 4.39 Å². The van der Waals surface area contributed by atoms with Crippen LogP contribution in [0, 0.1) is 5.92 Å². The van der Waals surface area contributed by atoms with Crippen molar-refractivity contribution >= 4 is 0 Å². The molecule has 0 saturated carbocycles. The fraction of sp³-hybridized carbons (Fsp3) is 0.700. The summed E-state index contributed by atoms with van der Waals surface area (Å²) in [5.41, 5.74) is 1.36. The van der Waals surface area contributed by atoms with Gasteiger partial charge in [-0.2, -0.15) is 0 Å². The summed E-state index contributed by atoms with van der Waals surface area (Å²) >= 11 is 0. The first-order chi connectivity index (χ1) is 10.1. The highest BCUT2D eigenvalue weighted by Gasteiger charge is 2.06. The van der Waals surface area contributed by atoms with Crippen LogP contribution in [0.3, 0.4) is 0 Å². The maximum atomic E-state index is 12.6. The molecule has 0 amide bonds. The number of hydrogen-bond acceptors (Lipinski definition) is 0. The van der Waals surface area contributed by atoms with E-state index in [9.17, 15) is 4.39 Å². The highest BCUT2D eigenvalue weighted by Crippen LogP contribution is 2.22. The van der Waals surface area contributed by atoms with Gasteiger partial charge in [0, 0.05) is 0 Å². The summed E-state index contributed by atoms with van der Waals surface area (Å²) in [7, 11) is 0. The zero-order chi connectivity index (χ0) is 15.9. The minimum atomic E-state index is -0.0687. The van der Waals surface area contributed by atoms with Gasteiger partial charge in [0.1, 0.15) is 0 Å². The van der Waals surface area contributed by atoms with Crippen molar-refractivity contribution in [3.05, 3.63) is 36.2 Å². The molecule has 0 aromatic carbocycles. The maximum absolute atomic E-state index is 12.6. The van der Waals surface area contributed by atoms with E-state index in [1.165, 1.54) is 51.0 Å². The van der Waals surface area contributed by atoms with E-state index in [0.29, 0.717) is 0 Å². The van der Waals surface area contributed by atoms with Crippen molar-refractivity contribution in [2.45, 2.75) is 85.0 Å². The molecule has 0 unspecified atom stereocenters. The molecule has 0 spiro atoms. The topological polar surface area (TPSA) is 0 Å². The Bertz CT molecular complexity index is 302. The van der Waals surface area contributed by atoms with E-state index < -0.39 is 0 Å². The molecule has 0 aromatic rings. The van der Waals surface area contributed by atoms with Gasteiger partial charge < -0.3 is 0 Å². The van der Waals surface area contributed by atoms with Crippen molar-refractivity contribution in [2.24, 2.45) is 5.92 Å². The molecule has 0 aliphatic rings. The highest BCUT2D eigenvalue weighted by molar-refractivity contribution is 5.15. The summed E-state index contributed by atoms with van der Waals surface area (Å²) in [6.07, 6.45) is 17.9. The molecule has 0 saturated heterocycles. The summed E-state index contributed by atoms with van der Waals surface area (Å²) in [6.45, 7) is 9.99. The van der Waals surface area contributed by atoms with Gasteiger partial charge in [-0.3, -0.25) is 0 Å². The summed E-state index contributed by atoms with van der Waals surface area (Å²) < 4.78 is 12.6. The van der Waals surface area contributed by atoms with Gasteiger partial charge in [-0.05, 0) is 44.9 Å². The second kappa shape index (κ2) is 14.1. The minimum absolute atomic E-state index is 0.0687. The van der Waals surface area contributed by atoms with Gasteiger partial charge >= 0.3 is 0 Å². The Kier molecular flexibility index (Phi) is 13.5. The fourth-order valence-corrected chi connectivity index (χ4v) is 2.84. The summed E-state index contributed by atoms with van der Waals surface area (Å²) in [4.78, 5) is 0. The molecule has 0 fully saturated rings. The van der Waals surface area contributed by atoms with Crippen LogP contribution in [0.2, 0.25) is 0 Å². The number of allylic oxidation sites excluding steroid dienone is 5. The van der Waals surface area contributed by atoms with Crippen molar-refractivity contribution in [3.63, 3.8) is 0 Å². The average Bonchev–Trinajstić information content (AvgIpc) is 2.45. The number of unbranched alkanes of at least 4 members (excludes halogenated alkanes) is 2. The summed E-state index contributed by atoms with van der Waals surface area (Å²) in [6, 6.07) is 0. The predicted molar refractivity (Wildman–Crippen MR) is 94.2 cm³/mol. The molecule has 0 bridgehead atoms. The maximum Gasteiger partial charge on any atom is 0.0928 e. The van der Waals surface area contributed by atoms with E-state index in [1.807, 2.05) is 6.08 Å². The van der Waals surface area contributed by atoms with Crippen molar-refractivity contribution in [1.82, 2.24) is 0 Å². The minimum Gasteiger partial charge on any atom is -0.212 e. The smallest absolute Gasteiger partial charge is 0.0928 e. The Morgan fingerprint density at radius 1 is 1.00 bits per heavy atom. The van der Waals surface area contributed by atoms with Gasteiger partial charge in [-0.1, -0.05) is 76.3 Å². The van der Waals surface area contributed by atoms with Crippen LogP contribution in [-0.4, -0.2) is 0 Å². The van der Waals surface area contributed by atoms with E-state index >= 15 is 0 Å². The quantitative estimate of drug-likeness (QED) is 0.243. The molecule has 0 nitrogen and oxygen atoms in total. The van der Waals surface area contributed by atoms with Gasteiger partial charge in [0.05, 0.1) is 5.83 Å². The van der Waals surface area contributed by atoms with Gasteiger partial charge in [-0.25, -0.2) is 4.39 Å². The van der Waals surface area contributed by atoms with E-state index in [-0.39, 0.29) is 5.83 Å². The first-order valence-electron chi connectivity index (χ1n) is 8.77. The summed E-state index contributed by atoms with van der Waals surface area (Å²) in [5, 5.41) is 0. The van der Waals surface area contributed by atoms with E-state index in [2.05, 4.69) is 26.5 Å². The molecule has 0 heterocycles. The molecule has 21 heavy (non-hydrogen) atoms. The lowest BCUT2D eigenvalue weighted by Gasteiger charge is -2.15. The summed E-state index contributed by atoms with van der Waals surface area (Å²) in [5.74, 6) is 0.838. The fourth-order valence-electron chi connectivity index (χ4n) is 2.84. The highest BCUT2D eigenvalue weighted by atomic mass is 19.1. The Hall–Kier alpha value is -0.850. The zero-order valence-corrected chi connectivity index (χ0v) is 14.5. The van der Waals surface area contributed by atoms with E-state index in [1.54, 1.807) is 6.08 Å². The van der Waals surface area contributed by atoms with Crippen molar-refractivity contribution in [1.29, 1.82) is 0 Å². The largest absolute Gasteiger partial charge is 0.212 e. The molecular formula is C20H35F. The SMILES string of the molecule is C=C/C(=C\CCC/C=C(\C)F)CCCC(CCC)CCC. The first-order valence-corrected chi connectivity index (χ1v) is 8.77. The molecule has 0 radical (unpaired) electrons. The standard InChI is InChI=1S/C20H35F/c1-5-12-20(13-6-2)17-11-16-19(7-3)15-10-8-9-14-18(4)21/h7,14-15,20H,3,5-6,8-13,16-17H2,1-2,4H3/b18-14+,19-15+. The number of halogens is 1.